The predicted octanol–water partition coefficient (Wildman–Crippen LogP) is 4.78. The predicted molar refractivity (Wildman–Crippen MR) is 98.9 cm³/mol. The van der Waals surface area contributed by atoms with E-state index in [2.05, 4.69) is 52.2 Å². The molecule has 0 unspecified atom stereocenters. The molecule has 4 rings (SSSR count). The van der Waals surface area contributed by atoms with Crippen molar-refractivity contribution in [2.45, 2.75) is 13.8 Å². The van der Waals surface area contributed by atoms with E-state index in [1.54, 1.807) is 12.4 Å². The molecule has 0 aliphatic carbocycles. The molecular weight excluding hydrogens is 308 g/mol. The number of aromatic nitrogens is 3. The van der Waals surface area contributed by atoms with Gasteiger partial charge in [0, 0.05) is 46.3 Å². The van der Waals surface area contributed by atoms with Gasteiger partial charge in [-0.3, -0.25) is 4.98 Å². The van der Waals surface area contributed by atoms with Crippen LogP contribution >= 0.6 is 0 Å². The molecule has 4 heteroatoms. The zero-order valence-corrected chi connectivity index (χ0v) is 14.0. The molecule has 4 aromatic rings. The molecular formula is C21H16N4. The van der Waals surface area contributed by atoms with E-state index in [9.17, 15) is 0 Å². The number of aromatic amines is 1. The SMILES string of the molecule is Cc1ccncc1-c1cc2cc(-c3cnc(C#N)c(C)c3)ccc2[nH]1. The fourth-order valence-electron chi connectivity index (χ4n) is 3.05. The maximum Gasteiger partial charge on any atom is 0.143 e. The van der Waals surface area contributed by atoms with E-state index < -0.39 is 0 Å². The van der Waals surface area contributed by atoms with E-state index in [0.29, 0.717) is 5.69 Å². The molecule has 0 saturated carbocycles. The third kappa shape index (κ3) is 2.66. The Morgan fingerprint density at radius 3 is 2.60 bits per heavy atom. The van der Waals surface area contributed by atoms with Gasteiger partial charge in [0.25, 0.3) is 0 Å². The number of pyridine rings is 2. The summed E-state index contributed by atoms with van der Waals surface area (Å²) in [5, 5.41) is 10.2. The van der Waals surface area contributed by atoms with Gasteiger partial charge in [-0.25, -0.2) is 4.98 Å². The van der Waals surface area contributed by atoms with E-state index in [0.717, 1.165) is 38.9 Å². The maximum absolute atomic E-state index is 9.03. The summed E-state index contributed by atoms with van der Waals surface area (Å²) in [7, 11) is 0. The first kappa shape index (κ1) is 15.1. The summed E-state index contributed by atoms with van der Waals surface area (Å²) < 4.78 is 0. The van der Waals surface area contributed by atoms with Crippen molar-refractivity contribution in [3.05, 3.63) is 71.8 Å². The van der Waals surface area contributed by atoms with E-state index in [-0.39, 0.29) is 0 Å². The van der Waals surface area contributed by atoms with E-state index in [1.807, 2.05) is 25.3 Å². The Morgan fingerprint density at radius 2 is 1.84 bits per heavy atom. The number of nitrogens with one attached hydrogen (secondary N) is 1. The fraction of sp³-hybridized carbons (Fsp3) is 0.0952. The van der Waals surface area contributed by atoms with E-state index >= 15 is 0 Å². The molecule has 0 fully saturated rings. The standard InChI is InChI=1S/C21H16N4/c1-13-5-6-23-12-18(13)20-9-16-8-15(3-4-19(16)25-20)17-7-14(2)21(10-22)24-11-17/h3-9,11-12,25H,1-2H3. The average Bonchev–Trinajstić information content (AvgIpc) is 3.05. The van der Waals surface area contributed by atoms with Gasteiger partial charge in [-0.2, -0.15) is 5.26 Å². The van der Waals surface area contributed by atoms with Crippen LogP contribution in [-0.2, 0) is 0 Å². The summed E-state index contributed by atoms with van der Waals surface area (Å²) in [6, 6.07) is 14.6. The summed E-state index contributed by atoms with van der Waals surface area (Å²) in [6.45, 7) is 3.99. The van der Waals surface area contributed by atoms with Gasteiger partial charge < -0.3 is 4.98 Å². The number of aryl methyl sites for hydroxylation is 2. The van der Waals surface area contributed by atoms with Crippen molar-refractivity contribution in [1.82, 2.24) is 15.0 Å². The lowest BCUT2D eigenvalue weighted by Gasteiger charge is -2.04. The lowest BCUT2D eigenvalue weighted by Crippen LogP contribution is -1.89. The molecule has 1 N–H and O–H groups in total. The minimum absolute atomic E-state index is 0.473. The number of fused-ring (bicyclic) bond motifs is 1. The number of nitrogens with zero attached hydrogens (tertiary/aromatic N) is 3. The number of benzene rings is 1. The molecule has 3 aromatic heterocycles. The Bertz CT molecular complexity index is 1130. The zero-order valence-electron chi connectivity index (χ0n) is 14.0. The molecule has 0 saturated heterocycles. The van der Waals surface area contributed by atoms with E-state index in [4.69, 9.17) is 5.26 Å². The quantitative estimate of drug-likeness (QED) is 0.577. The molecule has 25 heavy (non-hydrogen) atoms. The van der Waals surface area contributed by atoms with Gasteiger partial charge in [-0.15, -0.1) is 0 Å². The average molecular weight is 324 g/mol. The smallest absolute Gasteiger partial charge is 0.143 e. The third-order valence-electron chi connectivity index (χ3n) is 4.47. The molecule has 0 aliphatic heterocycles. The topological polar surface area (TPSA) is 65.4 Å². The highest BCUT2D eigenvalue weighted by molar-refractivity contribution is 5.90. The number of hydrogen-bond donors (Lipinski definition) is 1. The van der Waals surface area contributed by atoms with Crippen molar-refractivity contribution in [2.24, 2.45) is 0 Å². The number of nitriles is 1. The minimum Gasteiger partial charge on any atom is -0.354 e. The third-order valence-corrected chi connectivity index (χ3v) is 4.47. The van der Waals surface area contributed by atoms with Crippen LogP contribution in [0.15, 0.2) is 55.0 Å². The Morgan fingerprint density at radius 1 is 0.960 bits per heavy atom. The van der Waals surface area contributed by atoms with Crippen molar-refractivity contribution in [1.29, 1.82) is 5.26 Å². The first-order valence-corrected chi connectivity index (χ1v) is 8.06. The van der Waals surface area contributed by atoms with Gasteiger partial charge in [0.15, 0.2) is 0 Å². The zero-order chi connectivity index (χ0) is 17.4. The van der Waals surface area contributed by atoms with Crippen LogP contribution in [0.25, 0.3) is 33.3 Å². The molecule has 1 aromatic carbocycles. The summed E-state index contributed by atoms with van der Waals surface area (Å²) >= 11 is 0. The van der Waals surface area contributed by atoms with Crippen molar-refractivity contribution >= 4 is 10.9 Å². The Kier molecular flexibility index (Phi) is 3.55. The van der Waals surface area contributed by atoms with Crippen LogP contribution in [0.2, 0.25) is 0 Å². The Hall–Kier alpha value is -3.45. The summed E-state index contributed by atoms with van der Waals surface area (Å²) in [5.41, 5.74) is 7.90. The van der Waals surface area contributed by atoms with Gasteiger partial charge >= 0.3 is 0 Å². The van der Waals surface area contributed by atoms with Crippen LogP contribution < -0.4 is 0 Å². The van der Waals surface area contributed by atoms with Crippen molar-refractivity contribution in [3.8, 4) is 28.5 Å². The summed E-state index contributed by atoms with van der Waals surface area (Å²) in [6.07, 6.45) is 5.44. The maximum atomic E-state index is 9.03. The lowest BCUT2D eigenvalue weighted by atomic mass is 10.0. The molecule has 0 aliphatic rings. The second-order valence-electron chi connectivity index (χ2n) is 6.18. The number of hydrogen-bond acceptors (Lipinski definition) is 3. The molecule has 3 heterocycles. The van der Waals surface area contributed by atoms with Gasteiger partial charge in [0.1, 0.15) is 11.8 Å². The van der Waals surface area contributed by atoms with Crippen LogP contribution in [0.3, 0.4) is 0 Å². The number of H-pyrrole nitrogens is 1. The van der Waals surface area contributed by atoms with Gasteiger partial charge in [-0.05, 0) is 60.9 Å². The largest absolute Gasteiger partial charge is 0.354 e. The summed E-state index contributed by atoms with van der Waals surface area (Å²) in [4.78, 5) is 11.9. The first-order valence-electron chi connectivity index (χ1n) is 8.06. The molecule has 0 atom stereocenters. The molecule has 0 bridgehead atoms. The van der Waals surface area contributed by atoms with Crippen LogP contribution in [0.5, 0.6) is 0 Å². The first-order chi connectivity index (χ1) is 12.2. The van der Waals surface area contributed by atoms with Gasteiger partial charge in [-0.1, -0.05) is 6.07 Å². The van der Waals surface area contributed by atoms with Crippen molar-refractivity contribution < 1.29 is 0 Å². The van der Waals surface area contributed by atoms with Crippen LogP contribution in [0, 0.1) is 25.2 Å². The Labute approximate surface area is 145 Å². The molecule has 0 radical (unpaired) electrons. The fourth-order valence-corrected chi connectivity index (χ4v) is 3.05. The lowest BCUT2D eigenvalue weighted by molar-refractivity contribution is 1.21. The van der Waals surface area contributed by atoms with Crippen LogP contribution in [0.1, 0.15) is 16.8 Å². The van der Waals surface area contributed by atoms with Crippen molar-refractivity contribution in [2.75, 3.05) is 0 Å². The summed E-state index contributed by atoms with van der Waals surface area (Å²) in [5.74, 6) is 0. The van der Waals surface area contributed by atoms with Crippen molar-refractivity contribution in [3.63, 3.8) is 0 Å². The normalized spacial score (nSPS) is 10.8. The monoisotopic (exact) mass is 324 g/mol. The highest BCUT2D eigenvalue weighted by atomic mass is 14.7. The van der Waals surface area contributed by atoms with E-state index in [1.165, 1.54) is 5.56 Å². The molecule has 120 valence electrons. The van der Waals surface area contributed by atoms with Crippen LogP contribution in [-0.4, -0.2) is 15.0 Å². The van der Waals surface area contributed by atoms with Gasteiger partial charge in [0.05, 0.1) is 0 Å². The van der Waals surface area contributed by atoms with Gasteiger partial charge in [0.2, 0.25) is 0 Å². The minimum atomic E-state index is 0.473. The highest BCUT2D eigenvalue weighted by Gasteiger charge is 2.08. The molecule has 4 nitrogen and oxygen atoms in total. The second kappa shape index (κ2) is 5.88. The molecule has 0 amide bonds. The number of rotatable bonds is 2. The van der Waals surface area contributed by atoms with Crippen LogP contribution in [0.4, 0.5) is 0 Å². The Balaban J connectivity index is 1.80. The highest BCUT2D eigenvalue weighted by Crippen LogP contribution is 2.29. The second-order valence-corrected chi connectivity index (χ2v) is 6.18. The molecule has 0 spiro atoms.